The normalized spacial score (nSPS) is 16.2. The maximum Gasteiger partial charge on any atom is 0.408 e. The van der Waals surface area contributed by atoms with E-state index in [0.29, 0.717) is 0 Å². The Balaban J connectivity index is 4.85. The lowest BCUT2D eigenvalue weighted by Gasteiger charge is -2.31. The van der Waals surface area contributed by atoms with Gasteiger partial charge in [-0.05, 0) is 27.7 Å². The molecule has 2 N–H and O–H groups in total. The second-order valence-corrected chi connectivity index (χ2v) is 5.89. The van der Waals surface area contributed by atoms with Gasteiger partial charge in [-0.1, -0.05) is 0 Å². The van der Waals surface area contributed by atoms with Crippen molar-refractivity contribution in [2.24, 2.45) is 0 Å². The summed E-state index contributed by atoms with van der Waals surface area (Å²) in [5.74, 6) is 0. The minimum absolute atomic E-state index is 0.127. The topological polar surface area (TPSA) is 79.2 Å². The van der Waals surface area contributed by atoms with E-state index in [1.165, 1.54) is 4.67 Å². The smallest absolute Gasteiger partial charge is 0.392 e. The summed E-state index contributed by atoms with van der Waals surface area (Å²) in [6.07, 6.45) is -1.36. The van der Waals surface area contributed by atoms with Gasteiger partial charge in [0.2, 0.25) is 0 Å². The molecular formula is C10H24NO5P. The Morgan fingerprint density at radius 3 is 1.65 bits per heavy atom. The van der Waals surface area contributed by atoms with Gasteiger partial charge < -0.3 is 10.2 Å². The second-order valence-electron chi connectivity index (χ2n) is 3.87. The fourth-order valence-corrected chi connectivity index (χ4v) is 3.34. The molecule has 0 saturated carbocycles. The predicted octanol–water partition coefficient (Wildman–Crippen LogP) is 1.23. The summed E-state index contributed by atoms with van der Waals surface area (Å²) in [4.78, 5) is 0. The molecule has 0 rings (SSSR count). The van der Waals surface area contributed by atoms with Gasteiger partial charge in [-0.25, -0.2) is 9.24 Å². The van der Waals surface area contributed by atoms with Gasteiger partial charge in [-0.15, -0.1) is 0 Å². The number of nitrogens with zero attached hydrogens (tertiary/aromatic N) is 1. The van der Waals surface area contributed by atoms with Crippen molar-refractivity contribution in [2.45, 2.75) is 39.9 Å². The highest BCUT2D eigenvalue weighted by atomic mass is 31.2. The molecule has 0 aliphatic carbocycles. The number of rotatable bonds is 9. The maximum absolute atomic E-state index is 12.4. The molecule has 0 bridgehead atoms. The quantitative estimate of drug-likeness (QED) is 0.613. The molecule has 0 aliphatic heterocycles. The summed E-state index contributed by atoms with van der Waals surface area (Å²) in [5.41, 5.74) is 0. The van der Waals surface area contributed by atoms with Crippen LogP contribution in [0.25, 0.3) is 0 Å². The minimum Gasteiger partial charge on any atom is -0.392 e. The van der Waals surface area contributed by atoms with E-state index in [4.69, 9.17) is 9.05 Å². The summed E-state index contributed by atoms with van der Waals surface area (Å²) in [5, 5.41) is 18.8. The van der Waals surface area contributed by atoms with Gasteiger partial charge in [-0.2, -0.15) is 0 Å². The number of hydrogen-bond donors (Lipinski definition) is 2. The first-order chi connectivity index (χ1) is 7.85. The van der Waals surface area contributed by atoms with E-state index in [9.17, 15) is 14.8 Å². The fourth-order valence-electron chi connectivity index (χ4n) is 1.41. The molecule has 2 atom stereocenters. The van der Waals surface area contributed by atoms with E-state index in [0.717, 1.165) is 0 Å². The Bertz CT molecular complexity index is 227. The Morgan fingerprint density at radius 2 is 1.41 bits per heavy atom. The lowest BCUT2D eigenvalue weighted by atomic mass is 10.3. The molecule has 0 heterocycles. The van der Waals surface area contributed by atoms with Crippen LogP contribution in [0, 0.1) is 0 Å². The minimum atomic E-state index is -3.42. The first-order valence-corrected chi connectivity index (χ1v) is 7.35. The Labute approximate surface area is 103 Å². The van der Waals surface area contributed by atoms with E-state index < -0.39 is 20.0 Å². The van der Waals surface area contributed by atoms with Crippen LogP contribution in [0.5, 0.6) is 0 Å². The van der Waals surface area contributed by atoms with Gasteiger partial charge in [0.05, 0.1) is 25.4 Å². The lowest BCUT2D eigenvalue weighted by Crippen LogP contribution is -2.35. The number of aliphatic hydroxyl groups is 2. The number of hydrogen-bond acceptors (Lipinski definition) is 5. The van der Waals surface area contributed by atoms with E-state index in [-0.39, 0.29) is 26.3 Å². The van der Waals surface area contributed by atoms with Crippen LogP contribution < -0.4 is 0 Å². The van der Waals surface area contributed by atoms with Crippen molar-refractivity contribution >= 4 is 7.75 Å². The molecule has 0 amide bonds. The van der Waals surface area contributed by atoms with Gasteiger partial charge in [0.1, 0.15) is 0 Å². The Morgan fingerprint density at radius 1 is 1.06 bits per heavy atom. The standard InChI is InChI=1S/C10H24NO5P/c1-5-15-17(14,16-6-2)11(7-9(3)12)8-10(4)13/h9-10,12-13H,5-8H2,1-4H3. The van der Waals surface area contributed by atoms with Crippen molar-refractivity contribution in [3.8, 4) is 0 Å². The van der Waals surface area contributed by atoms with Crippen LogP contribution in [-0.4, -0.2) is 53.4 Å². The van der Waals surface area contributed by atoms with Gasteiger partial charge in [0.15, 0.2) is 0 Å². The highest BCUT2D eigenvalue weighted by Gasteiger charge is 2.34. The first kappa shape index (κ1) is 17.0. The van der Waals surface area contributed by atoms with Crippen molar-refractivity contribution in [1.29, 1.82) is 0 Å². The summed E-state index contributed by atoms with van der Waals surface area (Å²) < 4.78 is 24.2. The van der Waals surface area contributed by atoms with E-state index in [1.54, 1.807) is 27.7 Å². The predicted molar refractivity (Wildman–Crippen MR) is 65.8 cm³/mol. The van der Waals surface area contributed by atoms with E-state index in [2.05, 4.69) is 0 Å². The first-order valence-electron chi connectivity index (χ1n) is 5.86. The molecular weight excluding hydrogens is 245 g/mol. The molecule has 0 spiro atoms. The Hall–Kier alpha value is 0.0300. The zero-order chi connectivity index (χ0) is 13.5. The molecule has 6 nitrogen and oxygen atoms in total. The molecule has 2 unspecified atom stereocenters. The maximum atomic E-state index is 12.4. The molecule has 0 aliphatic rings. The fraction of sp³-hybridized carbons (Fsp3) is 1.00. The van der Waals surface area contributed by atoms with Crippen molar-refractivity contribution in [2.75, 3.05) is 26.3 Å². The van der Waals surface area contributed by atoms with Crippen LogP contribution in [0.2, 0.25) is 0 Å². The molecule has 104 valence electrons. The summed E-state index contributed by atoms with van der Waals surface area (Å²) in [6.45, 7) is 7.34. The SMILES string of the molecule is CCOP(=O)(OCC)N(CC(C)O)CC(C)O. The largest absolute Gasteiger partial charge is 0.408 e. The lowest BCUT2D eigenvalue weighted by molar-refractivity contribution is 0.0902. The number of aliphatic hydroxyl groups excluding tert-OH is 2. The zero-order valence-corrected chi connectivity index (χ0v) is 11.9. The third-order valence-electron chi connectivity index (χ3n) is 1.88. The monoisotopic (exact) mass is 269 g/mol. The molecule has 0 aromatic rings. The van der Waals surface area contributed by atoms with Crippen molar-refractivity contribution in [3.63, 3.8) is 0 Å². The molecule has 0 fully saturated rings. The molecule has 17 heavy (non-hydrogen) atoms. The van der Waals surface area contributed by atoms with Gasteiger partial charge in [0, 0.05) is 13.1 Å². The van der Waals surface area contributed by atoms with Crippen LogP contribution in [-0.2, 0) is 13.6 Å². The summed E-state index contributed by atoms with van der Waals surface area (Å²) in [7, 11) is -3.42. The summed E-state index contributed by atoms with van der Waals surface area (Å²) in [6, 6.07) is 0. The Kier molecular flexibility index (Phi) is 8.20. The average molecular weight is 269 g/mol. The van der Waals surface area contributed by atoms with Crippen molar-refractivity contribution in [3.05, 3.63) is 0 Å². The molecule has 0 aromatic heterocycles. The van der Waals surface area contributed by atoms with Crippen LogP contribution in [0.15, 0.2) is 0 Å². The third kappa shape index (κ3) is 6.50. The highest BCUT2D eigenvalue weighted by molar-refractivity contribution is 7.51. The van der Waals surface area contributed by atoms with Crippen LogP contribution in [0.4, 0.5) is 0 Å². The summed E-state index contributed by atoms with van der Waals surface area (Å²) >= 11 is 0. The van der Waals surface area contributed by atoms with Gasteiger partial charge >= 0.3 is 7.75 Å². The molecule has 0 radical (unpaired) electrons. The van der Waals surface area contributed by atoms with Gasteiger partial charge in [-0.3, -0.25) is 9.05 Å². The average Bonchev–Trinajstić information content (AvgIpc) is 2.15. The van der Waals surface area contributed by atoms with Crippen LogP contribution in [0.3, 0.4) is 0 Å². The highest BCUT2D eigenvalue weighted by Crippen LogP contribution is 2.51. The van der Waals surface area contributed by atoms with Crippen LogP contribution in [0.1, 0.15) is 27.7 Å². The van der Waals surface area contributed by atoms with Crippen molar-refractivity contribution < 1.29 is 23.8 Å². The zero-order valence-electron chi connectivity index (χ0n) is 11.0. The molecule has 0 aromatic carbocycles. The van der Waals surface area contributed by atoms with Crippen molar-refractivity contribution in [1.82, 2.24) is 4.67 Å². The van der Waals surface area contributed by atoms with E-state index in [1.807, 2.05) is 0 Å². The van der Waals surface area contributed by atoms with E-state index >= 15 is 0 Å². The second kappa shape index (κ2) is 8.19. The molecule has 0 saturated heterocycles. The van der Waals surface area contributed by atoms with Gasteiger partial charge in [0.25, 0.3) is 0 Å². The molecule has 7 heteroatoms. The van der Waals surface area contributed by atoms with Crippen LogP contribution >= 0.6 is 7.75 Å². The third-order valence-corrected chi connectivity index (χ3v) is 4.07.